The van der Waals surface area contributed by atoms with Crippen LogP contribution in [-0.4, -0.2) is 24.7 Å². The van der Waals surface area contributed by atoms with Gasteiger partial charge in [-0.05, 0) is 19.9 Å². The van der Waals surface area contributed by atoms with Gasteiger partial charge in [-0.25, -0.2) is 4.98 Å². The predicted octanol–water partition coefficient (Wildman–Crippen LogP) is 2.88. The molecule has 0 amide bonds. The second-order valence-electron chi connectivity index (χ2n) is 6.00. The van der Waals surface area contributed by atoms with Crippen LogP contribution in [0, 0.1) is 0 Å². The number of ether oxygens (including phenoxy) is 1. The summed E-state index contributed by atoms with van der Waals surface area (Å²) in [4.78, 5) is 6.24. The Hall–Kier alpha value is -0.450. The van der Waals surface area contributed by atoms with Crippen molar-refractivity contribution >= 4 is 11.3 Å². The summed E-state index contributed by atoms with van der Waals surface area (Å²) < 4.78 is 5.70. The molecule has 1 saturated heterocycles. The molecule has 1 fully saturated rings. The molecule has 1 aromatic rings. The quantitative estimate of drug-likeness (QED) is 0.912. The first-order chi connectivity index (χ1) is 8.50. The lowest BCUT2D eigenvalue weighted by Gasteiger charge is -2.17. The molecular weight excluding hydrogens is 244 g/mol. The van der Waals surface area contributed by atoms with E-state index in [1.807, 2.05) is 18.4 Å². The van der Waals surface area contributed by atoms with Crippen molar-refractivity contribution in [1.82, 2.24) is 10.3 Å². The van der Waals surface area contributed by atoms with Gasteiger partial charge in [-0.3, -0.25) is 0 Å². The van der Waals surface area contributed by atoms with Crippen LogP contribution < -0.4 is 5.32 Å². The van der Waals surface area contributed by atoms with E-state index >= 15 is 0 Å². The van der Waals surface area contributed by atoms with Crippen LogP contribution in [0.5, 0.6) is 0 Å². The molecule has 0 spiro atoms. The molecule has 0 radical (unpaired) electrons. The maximum absolute atomic E-state index is 5.70. The highest BCUT2D eigenvalue weighted by Crippen LogP contribution is 2.31. The molecule has 0 aliphatic carbocycles. The highest BCUT2D eigenvalue weighted by atomic mass is 32.1. The number of hydrogen-bond acceptors (Lipinski definition) is 4. The van der Waals surface area contributed by atoms with Crippen molar-refractivity contribution in [2.75, 3.05) is 13.7 Å². The summed E-state index contributed by atoms with van der Waals surface area (Å²) in [6.45, 7) is 8.53. The van der Waals surface area contributed by atoms with Gasteiger partial charge in [-0.1, -0.05) is 20.8 Å². The summed E-state index contributed by atoms with van der Waals surface area (Å²) in [5.74, 6) is 0. The highest BCUT2D eigenvalue weighted by molar-refractivity contribution is 7.11. The zero-order chi connectivity index (χ0) is 13.2. The van der Waals surface area contributed by atoms with E-state index in [1.165, 1.54) is 28.4 Å². The van der Waals surface area contributed by atoms with E-state index in [9.17, 15) is 0 Å². The van der Waals surface area contributed by atoms with Gasteiger partial charge in [0.15, 0.2) is 0 Å². The van der Waals surface area contributed by atoms with Gasteiger partial charge in [0.25, 0.3) is 0 Å². The van der Waals surface area contributed by atoms with Crippen LogP contribution in [0.2, 0.25) is 0 Å². The SMILES string of the molecule is CNCc1sc(CC2CCCO2)nc1C(C)(C)C. The fourth-order valence-corrected chi connectivity index (χ4v) is 3.71. The minimum Gasteiger partial charge on any atom is -0.378 e. The fraction of sp³-hybridized carbons (Fsp3) is 0.786. The number of nitrogens with zero attached hydrogens (tertiary/aromatic N) is 1. The molecule has 1 aromatic heterocycles. The van der Waals surface area contributed by atoms with Crippen LogP contribution in [-0.2, 0) is 23.1 Å². The summed E-state index contributed by atoms with van der Waals surface area (Å²) in [5.41, 5.74) is 1.37. The van der Waals surface area contributed by atoms with Crippen molar-refractivity contribution in [2.24, 2.45) is 0 Å². The van der Waals surface area contributed by atoms with Gasteiger partial charge in [0, 0.05) is 29.9 Å². The first-order valence-corrected chi connectivity index (χ1v) is 7.57. The number of nitrogens with one attached hydrogen (secondary N) is 1. The molecule has 1 N–H and O–H groups in total. The van der Waals surface area contributed by atoms with Gasteiger partial charge >= 0.3 is 0 Å². The molecule has 102 valence electrons. The zero-order valence-corrected chi connectivity index (χ0v) is 12.7. The summed E-state index contributed by atoms with van der Waals surface area (Å²) in [6, 6.07) is 0. The van der Waals surface area contributed by atoms with E-state index in [1.54, 1.807) is 0 Å². The molecule has 18 heavy (non-hydrogen) atoms. The summed E-state index contributed by atoms with van der Waals surface area (Å²) >= 11 is 1.84. The molecule has 3 nitrogen and oxygen atoms in total. The maximum atomic E-state index is 5.70. The Bertz CT molecular complexity index is 389. The van der Waals surface area contributed by atoms with Gasteiger partial charge in [0.2, 0.25) is 0 Å². The van der Waals surface area contributed by atoms with Crippen molar-refractivity contribution in [3.05, 3.63) is 15.6 Å². The van der Waals surface area contributed by atoms with Crippen LogP contribution in [0.3, 0.4) is 0 Å². The molecule has 1 aliphatic heterocycles. The lowest BCUT2D eigenvalue weighted by molar-refractivity contribution is 0.111. The Morgan fingerprint density at radius 3 is 2.78 bits per heavy atom. The van der Waals surface area contributed by atoms with Crippen molar-refractivity contribution in [2.45, 2.75) is 58.1 Å². The van der Waals surface area contributed by atoms with E-state index in [0.29, 0.717) is 6.10 Å². The average Bonchev–Trinajstić information content (AvgIpc) is 2.88. The normalized spacial score (nSPS) is 20.6. The van der Waals surface area contributed by atoms with E-state index < -0.39 is 0 Å². The molecule has 2 rings (SSSR count). The number of hydrogen-bond donors (Lipinski definition) is 1. The van der Waals surface area contributed by atoms with Crippen molar-refractivity contribution in [3.8, 4) is 0 Å². The van der Waals surface area contributed by atoms with Crippen LogP contribution >= 0.6 is 11.3 Å². The van der Waals surface area contributed by atoms with E-state index in [-0.39, 0.29) is 5.41 Å². The first kappa shape index (κ1) is 14.0. The maximum Gasteiger partial charge on any atom is 0.0957 e. The first-order valence-electron chi connectivity index (χ1n) is 6.76. The molecule has 1 aliphatic rings. The molecular formula is C14H24N2OS. The minimum absolute atomic E-state index is 0.122. The molecule has 1 unspecified atom stereocenters. The smallest absolute Gasteiger partial charge is 0.0957 e. The number of rotatable bonds is 4. The summed E-state index contributed by atoms with van der Waals surface area (Å²) in [5, 5.41) is 4.48. The van der Waals surface area contributed by atoms with Gasteiger partial charge in [-0.2, -0.15) is 0 Å². The fourth-order valence-electron chi connectivity index (χ4n) is 2.35. The molecule has 4 heteroatoms. The van der Waals surface area contributed by atoms with Crippen LogP contribution in [0.15, 0.2) is 0 Å². The second-order valence-corrected chi connectivity index (χ2v) is 7.17. The van der Waals surface area contributed by atoms with Crippen molar-refractivity contribution in [1.29, 1.82) is 0 Å². The van der Waals surface area contributed by atoms with Gasteiger partial charge < -0.3 is 10.1 Å². The van der Waals surface area contributed by atoms with Crippen LogP contribution in [0.25, 0.3) is 0 Å². The Morgan fingerprint density at radius 2 is 2.22 bits per heavy atom. The lowest BCUT2D eigenvalue weighted by Crippen LogP contribution is -2.17. The number of thiazole rings is 1. The largest absolute Gasteiger partial charge is 0.378 e. The van der Waals surface area contributed by atoms with E-state index in [4.69, 9.17) is 9.72 Å². The van der Waals surface area contributed by atoms with Gasteiger partial charge in [-0.15, -0.1) is 11.3 Å². The van der Waals surface area contributed by atoms with Gasteiger partial charge in [0.1, 0.15) is 0 Å². The van der Waals surface area contributed by atoms with Crippen molar-refractivity contribution < 1.29 is 4.74 Å². The zero-order valence-electron chi connectivity index (χ0n) is 11.9. The molecule has 0 bridgehead atoms. The molecule has 2 heterocycles. The lowest BCUT2D eigenvalue weighted by atomic mass is 9.91. The Morgan fingerprint density at radius 1 is 1.44 bits per heavy atom. The standard InChI is InChI=1S/C14H24N2OS/c1-14(2,3)13-11(9-15-4)18-12(16-13)8-10-6-5-7-17-10/h10,15H,5-9H2,1-4H3. The topological polar surface area (TPSA) is 34.1 Å². The Labute approximate surface area is 114 Å². The van der Waals surface area contributed by atoms with Crippen LogP contribution in [0.1, 0.15) is 49.2 Å². The van der Waals surface area contributed by atoms with Crippen LogP contribution in [0.4, 0.5) is 0 Å². The third-order valence-electron chi connectivity index (χ3n) is 3.22. The average molecular weight is 268 g/mol. The molecule has 1 atom stereocenters. The third kappa shape index (κ3) is 3.31. The second kappa shape index (κ2) is 5.68. The minimum atomic E-state index is 0.122. The summed E-state index contributed by atoms with van der Waals surface area (Å²) in [6.07, 6.45) is 3.76. The van der Waals surface area contributed by atoms with Gasteiger partial charge in [0.05, 0.1) is 16.8 Å². The van der Waals surface area contributed by atoms with E-state index in [2.05, 4.69) is 26.1 Å². The monoisotopic (exact) mass is 268 g/mol. The highest BCUT2D eigenvalue weighted by Gasteiger charge is 2.24. The molecule has 0 aromatic carbocycles. The predicted molar refractivity (Wildman–Crippen MR) is 76.3 cm³/mol. The van der Waals surface area contributed by atoms with Crippen molar-refractivity contribution in [3.63, 3.8) is 0 Å². The Balaban J connectivity index is 2.16. The van der Waals surface area contributed by atoms with E-state index in [0.717, 1.165) is 19.6 Å². The number of aromatic nitrogens is 1. The summed E-state index contributed by atoms with van der Waals surface area (Å²) in [7, 11) is 1.99. The Kier molecular flexibility index (Phi) is 4.41. The third-order valence-corrected chi connectivity index (χ3v) is 4.29. The molecule has 0 saturated carbocycles.